The summed E-state index contributed by atoms with van der Waals surface area (Å²) in [6.07, 6.45) is -0.365. The molecule has 6 nitrogen and oxygen atoms in total. The fourth-order valence-electron chi connectivity index (χ4n) is 1.74. The molecular weight excluding hydrogens is 232 g/mol. The van der Waals surface area contributed by atoms with Crippen molar-refractivity contribution in [1.82, 2.24) is 9.55 Å². The van der Waals surface area contributed by atoms with E-state index in [1.54, 1.807) is 6.07 Å². The van der Waals surface area contributed by atoms with E-state index >= 15 is 0 Å². The second kappa shape index (κ2) is 4.46. The number of aromatic amines is 1. The number of aliphatic hydroxyl groups excluding tert-OH is 2. The molecule has 1 unspecified atom stereocenters. The fourth-order valence-corrected chi connectivity index (χ4v) is 2.01. The average Bonchev–Trinajstić information content (AvgIpc) is 2.59. The Morgan fingerprint density at radius 3 is 3.00 bits per heavy atom. The van der Waals surface area contributed by atoms with Gasteiger partial charge in [0.15, 0.2) is 0 Å². The van der Waals surface area contributed by atoms with E-state index in [0.29, 0.717) is 4.64 Å². The smallest absolute Gasteiger partial charge is 0.328 e. The van der Waals surface area contributed by atoms with Crippen molar-refractivity contribution in [3.05, 3.63) is 27.4 Å². The Balaban J connectivity index is 2.34. The van der Waals surface area contributed by atoms with E-state index in [1.807, 2.05) is 0 Å². The third-order valence-corrected chi connectivity index (χ3v) is 2.89. The topological polar surface area (TPSA) is 87.5 Å². The molecule has 0 radical (unpaired) electrons. The SMILES string of the molecule is O=c1[nH]ccc(=S)n1[C@H]1C[C@@H](O)C(CO)O1. The first kappa shape index (κ1) is 11.5. The van der Waals surface area contributed by atoms with Crippen LogP contribution >= 0.6 is 12.2 Å². The van der Waals surface area contributed by atoms with Crippen molar-refractivity contribution in [2.45, 2.75) is 24.9 Å². The fraction of sp³-hybridized carbons (Fsp3) is 0.556. The van der Waals surface area contributed by atoms with Crippen molar-refractivity contribution in [3.63, 3.8) is 0 Å². The zero-order chi connectivity index (χ0) is 11.7. The number of nitrogens with one attached hydrogen (secondary N) is 1. The maximum atomic E-state index is 11.5. The van der Waals surface area contributed by atoms with Gasteiger partial charge in [0.25, 0.3) is 0 Å². The molecule has 0 aliphatic carbocycles. The van der Waals surface area contributed by atoms with Gasteiger partial charge in [-0.15, -0.1) is 0 Å². The zero-order valence-electron chi connectivity index (χ0n) is 8.37. The number of H-pyrrole nitrogens is 1. The molecule has 3 atom stereocenters. The number of hydrogen-bond acceptors (Lipinski definition) is 5. The number of rotatable bonds is 2. The van der Waals surface area contributed by atoms with Crippen LogP contribution in [0.3, 0.4) is 0 Å². The maximum absolute atomic E-state index is 11.5. The molecule has 1 saturated heterocycles. The van der Waals surface area contributed by atoms with Gasteiger partial charge in [0.1, 0.15) is 17.0 Å². The van der Waals surface area contributed by atoms with Crippen LogP contribution < -0.4 is 5.69 Å². The molecule has 0 spiro atoms. The van der Waals surface area contributed by atoms with Crippen LogP contribution in [0, 0.1) is 4.64 Å². The van der Waals surface area contributed by atoms with E-state index in [-0.39, 0.29) is 18.7 Å². The highest BCUT2D eigenvalue weighted by Gasteiger charge is 2.35. The largest absolute Gasteiger partial charge is 0.394 e. The second-order valence-corrected chi connectivity index (χ2v) is 4.02. The molecule has 2 rings (SSSR count). The summed E-state index contributed by atoms with van der Waals surface area (Å²) in [5, 5.41) is 18.5. The Kier molecular flexibility index (Phi) is 3.20. The van der Waals surface area contributed by atoms with E-state index < -0.39 is 18.4 Å². The van der Waals surface area contributed by atoms with Gasteiger partial charge in [-0.25, -0.2) is 4.79 Å². The van der Waals surface area contributed by atoms with Gasteiger partial charge in [-0.1, -0.05) is 12.2 Å². The molecule has 16 heavy (non-hydrogen) atoms. The van der Waals surface area contributed by atoms with E-state index in [1.165, 1.54) is 10.8 Å². The van der Waals surface area contributed by atoms with Gasteiger partial charge in [-0.05, 0) is 6.07 Å². The van der Waals surface area contributed by atoms with Crippen molar-refractivity contribution in [1.29, 1.82) is 0 Å². The van der Waals surface area contributed by atoms with Crippen LogP contribution in [0.5, 0.6) is 0 Å². The molecule has 1 aliphatic heterocycles. The maximum Gasteiger partial charge on any atom is 0.328 e. The van der Waals surface area contributed by atoms with Gasteiger partial charge in [0, 0.05) is 12.6 Å². The quantitative estimate of drug-likeness (QED) is 0.613. The Labute approximate surface area is 96.1 Å². The van der Waals surface area contributed by atoms with Crippen molar-refractivity contribution < 1.29 is 14.9 Å². The summed E-state index contributed by atoms with van der Waals surface area (Å²) >= 11 is 5.01. The zero-order valence-corrected chi connectivity index (χ0v) is 9.18. The highest BCUT2D eigenvalue weighted by atomic mass is 32.1. The molecular formula is C9H12N2O4S. The predicted molar refractivity (Wildman–Crippen MR) is 57.5 cm³/mol. The summed E-state index contributed by atoms with van der Waals surface area (Å²) in [6.45, 7) is -0.282. The lowest BCUT2D eigenvalue weighted by atomic mass is 10.2. The lowest BCUT2D eigenvalue weighted by Crippen LogP contribution is -2.28. The monoisotopic (exact) mass is 244 g/mol. The molecule has 2 heterocycles. The first-order valence-corrected chi connectivity index (χ1v) is 5.29. The molecule has 0 saturated carbocycles. The number of ether oxygens (including phenoxy) is 1. The lowest BCUT2D eigenvalue weighted by molar-refractivity contribution is -0.0463. The Morgan fingerprint density at radius 1 is 1.69 bits per heavy atom. The van der Waals surface area contributed by atoms with Gasteiger partial charge >= 0.3 is 5.69 Å². The molecule has 3 N–H and O–H groups in total. The van der Waals surface area contributed by atoms with Crippen LogP contribution in [0.2, 0.25) is 0 Å². The minimum atomic E-state index is -0.781. The highest BCUT2D eigenvalue weighted by molar-refractivity contribution is 7.71. The summed E-state index contributed by atoms with van der Waals surface area (Å²) in [7, 11) is 0. The molecule has 1 fully saturated rings. The minimum Gasteiger partial charge on any atom is -0.394 e. The van der Waals surface area contributed by atoms with Crippen molar-refractivity contribution >= 4 is 12.2 Å². The van der Waals surface area contributed by atoms with Crippen LogP contribution in [0.4, 0.5) is 0 Å². The summed E-state index contributed by atoms with van der Waals surface area (Å²) in [4.78, 5) is 14.0. The van der Waals surface area contributed by atoms with Gasteiger partial charge in [-0.2, -0.15) is 0 Å². The van der Waals surface area contributed by atoms with Crippen LogP contribution in [0.25, 0.3) is 0 Å². The summed E-state index contributed by atoms with van der Waals surface area (Å²) in [5.41, 5.74) is -0.386. The van der Waals surface area contributed by atoms with Crippen LogP contribution in [-0.4, -0.2) is 38.6 Å². The summed E-state index contributed by atoms with van der Waals surface area (Å²) in [6, 6.07) is 1.57. The van der Waals surface area contributed by atoms with Crippen molar-refractivity contribution in [3.8, 4) is 0 Å². The number of hydrogen-bond donors (Lipinski definition) is 3. The Hall–Kier alpha value is -1.02. The van der Waals surface area contributed by atoms with Crippen molar-refractivity contribution in [2.24, 2.45) is 0 Å². The molecule has 1 aromatic heterocycles. The molecule has 1 aliphatic rings. The Bertz CT molecular complexity index is 455. The van der Waals surface area contributed by atoms with Crippen LogP contribution in [0.1, 0.15) is 12.6 Å². The molecule has 1 aromatic rings. The third-order valence-electron chi connectivity index (χ3n) is 2.56. The predicted octanol–water partition coefficient (Wildman–Crippen LogP) is -0.453. The number of aromatic nitrogens is 2. The van der Waals surface area contributed by atoms with E-state index in [0.717, 1.165) is 0 Å². The van der Waals surface area contributed by atoms with E-state index in [2.05, 4.69) is 4.98 Å². The summed E-state index contributed by atoms with van der Waals surface area (Å²) < 4.78 is 6.94. The second-order valence-electron chi connectivity index (χ2n) is 3.61. The minimum absolute atomic E-state index is 0.243. The lowest BCUT2D eigenvalue weighted by Gasteiger charge is -2.14. The number of aliphatic hydroxyl groups is 2. The first-order valence-electron chi connectivity index (χ1n) is 4.88. The number of nitrogens with zero attached hydrogens (tertiary/aromatic N) is 1. The molecule has 0 amide bonds. The molecule has 7 heteroatoms. The summed E-state index contributed by atoms with van der Waals surface area (Å²) in [5.74, 6) is 0. The normalized spacial score (nSPS) is 29.5. The van der Waals surface area contributed by atoms with E-state index in [4.69, 9.17) is 22.1 Å². The third kappa shape index (κ3) is 1.94. The first-order chi connectivity index (χ1) is 7.63. The van der Waals surface area contributed by atoms with Crippen molar-refractivity contribution in [2.75, 3.05) is 6.61 Å². The average molecular weight is 244 g/mol. The van der Waals surface area contributed by atoms with Gasteiger partial charge in [0.2, 0.25) is 0 Å². The van der Waals surface area contributed by atoms with Crippen LogP contribution in [0.15, 0.2) is 17.1 Å². The molecule has 0 bridgehead atoms. The molecule has 0 aromatic carbocycles. The van der Waals surface area contributed by atoms with Gasteiger partial charge < -0.3 is 19.9 Å². The van der Waals surface area contributed by atoms with Crippen LogP contribution in [-0.2, 0) is 4.74 Å². The standard InChI is InChI=1S/C9H12N2O4S/c12-4-6-5(13)3-7(15-6)11-8(16)1-2-10-9(11)14/h1-2,5-7,12-13H,3-4H2,(H,10,14)/t5-,6?,7-/m1/s1. The molecule has 88 valence electrons. The Morgan fingerprint density at radius 2 is 2.44 bits per heavy atom. The van der Waals surface area contributed by atoms with Gasteiger partial charge in [-0.3, -0.25) is 4.57 Å². The van der Waals surface area contributed by atoms with E-state index in [9.17, 15) is 9.90 Å². The highest BCUT2D eigenvalue weighted by Crippen LogP contribution is 2.27. The van der Waals surface area contributed by atoms with Gasteiger partial charge in [0.05, 0.1) is 12.7 Å².